The summed E-state index contributed by atoms with van der Waals surface area (Å²) in [6, 6.07) is 22.5. The van der Waals surface area contributed by atoms with Gasteiger partial charge in [0.05, 0.1) is 11.9 Å². The number of rotatable bonds is 12. The van der Waals surface area contributed by atoms with Crippen LogP contribution in [0.25, 0.3) is 0 Å². The van der Waals surface area contributed by atoms with Gasteiger partial charge in [-0.15, -0.1) is 0 Å². The van der Waals surface area contributed by atoms with E-state index in [1.165, 1.54) is 4.90 Å². The van der Waals surface area contributed by atoms with E-state index in [1.807, 2.05) is 75.4 Å². The first-order valence-electron chi connectivity index (χ1n) is 12.9. The Labute approximate surface area is 236 Å². The molecule has 2 amide bonds. The van der Waals surface area contributed by atoms with E-state index in [-0.39, 0.29) is 24.9 Å². The molecule has 0 aromatic heterocycles. The fourth-order valence-corrected chi connectivity index (χ4v) is 5.08. The van der Waals surface area contributed by atoms with Gasteiger partial charge in [0.15, 0.2) is 0 Å². The molecule has 0 spiro atoms. The van der Waals surface area contributed by atoms with Crippen molar-refractivity contribution in [1.29, 1.82) is 0 Å². The SMILES string of the molecule is CC[C@@H](C)NC(=O)[C@H](Cc1ccccc1)N(Cc1ccc(C)cc1)C(=O)CN(c1ccc(Cl)cc1)S(C)(=O)=O. The molecular weight excluding hydrogens is 534 g/mol. The molecule has 0 fully saturated rings. The molecule has 0 bridgehead atoms. The minimum absolute atomic E-state index is 0.0892. The van der Waals surface area contributed by atoms with E-state index >= 15 is 0 Å². The van der Waals surface area contributed by atoms with Crippen molar-refractivity contribution in [2.45, 2.75) is 52.2 Å². The molecule has 0 unspecified atom stereocenters. The van der Waals surface area contributed by atoms with Crippen molar-refractivity contribution in [2.75, 3.05) is 17.1 Å². The van der Waals surface area contributed by atoms with Crippen LogP contribution in [0.5, 0.6) is 0 Å². The number of anilines is 1. The van der Waals surface area contributed by atoms with Crippen molar-refractivity contribution in [2.24, 2.45) is 0 Å². The number of nitrogens with zero attached hydrogens (tertiary/aromatic N) is 2. The van der Waals surface area contributed by atoms with E-state index in [0.29, 0.717) is 10.7 Å². The Morgan fingerprint density at radius 2 is 1.54 bits per heavy atom. The molecule has 3 aromatic rings. The van der Waals surface area contributed by atoms with E-state index in [0.717, 1.165) is 33.7 Å². The van der Waals surface area contributed by atoms with Crippen molar-refractivity contribution in [1.82, 2.24) is 10.2 Å². The molecule has 0 saturated carbocycles. The Balaban J connectivity index is 2.04. The molecule has 3 rings (SSSR count). The van der Waals surface area contributed by atoms with Crippen LogP contribution in [-0.4, -0.2) is 50.0 Å². The summed E-state index contributed by atoms with van der Waals surface area (Å²) >= 11 is 6.01. The van der Waals surface area contributed by atoms with Crippen LogP contribution >= 0.6 is 11.6 Å². The number of hydrogen-bond donors (Lipinski definition) is 1. The fraction of sp³-hybridized carbons (Fsp3) is 0.333. The molecule has 39 heavy (non-hydrogen) atoms. The summed E-state index contributed by atoms with van der Waals surface area (Å²) in [6.45, 7) is 5.54. The van der Waals surface area contributed by atoms with Crippen LogP contribution in [0.4, 0.5) is 5.69 Å². The number of nitrogens with one attached hydrogen (secondary N) is 1. The second-order valence-corrected chi connectivity index (χ2v) is 12.1. The molecule has 0 saturated heterocycles. The lowest BCUT2D eigenvalue weighted by Crippen LogP contribution is -2.54. The lowest BCUT2D eigenvalue weighted by molar-refractivity contribution is -0.140. The van der Waals surface area contributed by atoms with Gasteiger partial charge in [-0.05, 0) is 55.7 Å². The van der Waals surface area contributed by atoms with E-state index in [9.17, 15) is 18.0 Å². The predicted molar refractivity (Wildman–Crippen MR) is 157 cm³/mol. The Bertz CT molecular complexity index is 1350. The molecule has 7 nitrogen and oxygen atoms in total. The maximum atomic E-state index is 14.0. The molecule has 0 aliphatic rings. The normalized spacial score (nSPS) is 12.8. The number of aryl methyl sites for hydroxylation is 1. The van der Waals surface area contributed by atoms with Gasteiger partial charge in [-0.3, -0.25) is 13.9 Å². The summed E-state index contributed by atoms with van der Waals surface area (Å²) < 4.78 is 26.6. The second-order valence-electron chi connectivity index (χ2n) is 9.78. The van der Waals surface area contributed by atoms with Crippen molar-refractivity contribution in [3.8, 4) is 0 Å². The molecular formula is C30H36ClN3O4S. The summed E-state index contributed by atoms with van der Waals surface area (Å²) in [7, 11) is -3.82. The van der Waals surface area contributed by atoms with Crippen molar-refractivity contribution >= 4 is 39.1 Å². The molecule has 3 aromatic carbocycles. The first kappa shape index (κ1) is 30.2. The van der Waals surface area contributed by atoms with Gasteiger partial charge in [0, 0.05) is 24.0 Å². The third-order valence-corrected chi connectivity index (χ3v) is 7.93. The summed E-state index contributed by atoms with van der Waals surface area (Å²) in [6.07, 6.45) is 2.06. The topological polar surface area (TPSA) is 86.8 Å². The Kier molecular flexibility index (Phi) is 10.5. The number of sulfonamides is 1. The summed E-state index contributed by atoms with van der Waals surface area (Å²) in [5.74, 6) is -0.776. The highest BCUT2D eigenvalue weighted by atomic mass is 35.5. The van der Waals surface area contributed by atoms with Gasteiger partial charge in [0.2, 0.25) is 21.8 Å². The number of halogens is 1. The van der Waals surface area contributed by atoms with Crippen LogP contribution in [0.3, 0.4) is 0 Å². The van der Waals surface area contributed by atoms with E-state index in [2.05, 4.69) is 5.32 Å². The van der Waals surface area contributed by atoms with Gasteiger partial charge in [-0.2, -0.15) is 0 Å². The first-order chi connectivity index (χ1) is 18.5. The van der Waals surface area contributed by atoms with Gasteiger partial charge < -0.3 is 10.2 Å². The quantitative estimate of drug-likeness (QED) is 0.334. The molecule has 0 aliphatic heterocycles. The Hall–Kier alpha value is -3.36. The third-order valence-electron chi connectivity index (χ3n) is 6.54. The maximum Gasteiger partial charge on any atom is 0.244 e. The first-order valence-corrected chi connectivity index (χ1v) is 15.1. The average Bonchev–Trinajstić information content (AvgIpc) is 2.90. The van der Waals surface area contributed by atoms with Crippen LogP contribution in [0.15, 0.2) is 78.9 Å². The second kappa shape index (κ2) is 13.6. The highest BCUT2D eigenvalue weighted by Crippen LogP contribution is 2.22. The summed E-state index contributed by atoms with van der Waals surface area (Å²) in [4.78, 5) is 29.2. The molecule has 2 atom stereocenters. The Morgan fingerprint density at radius 3 is 2.10 bits per heavy atom. The summed E-state index contributed by atoms with van der Waals surface area (Å²) in [5.41, 5.74) is 3.11. The fourth-order valence-electron chi connectivity index (χ4n) is 4.11. The van der Waals surface area contributed by atoms with Crippen LogP contribution in [-0.2, 0) is 32.6 Å². The Morgan fingerprint density at radius 1 is 0.923 bits per heavy atom. The van der Waals surface area contributed by atoms with Gasteiger partial charge in [0.25, 0.3) is 0 Å². The highest BCUT2D eigenvalue weighted by Gasteiger charge is 2.33. The molecule has 0 aliphatic carbocycles. The maximum absolute atomic E-state index is 14.0. The minimum Gasteiger partial charge on any atom is -0.352 e. The zero-order valence-electron chi connectivity index (χ0n) is 22.8. The highest BCUT2D eigenvalue weighted by molar-refractivity contribution is 7.92. The number of amides is 2. The van der Waals surface area contributed by atoms with Crippen molar-refractivity contribution in [3.05, 3.63) is 101 Å². The van der Waals surface area contributed by atoms with Gasteiger partial charge in [0.1, 0.15) is 12.6 Å². The van der Waals surface area contributed by atoms with E-state index in [1.54, 1.807) is 24.3 Å². The lowest BCUT2D eigenvalue weighted by atomic mass is 10.0. The largest absolute Gasteiger partial charge is 0.352 e. The molecule has 0 radical (unpaired) electrons. The number of carbonyl (C=O) groups is 2. The molecule has 9 heteroatoms. The predicted octanol–water partition coefficient (Wildman–Crippen LogP) is 4.97. The van der Waals surface area contributed by atoms with Crippen LogP contribution in [0.2, 0.25) is 5.02 Å². The van der Waals surface area contributed by atoms with Crippen molar-refractivity contribution < 1.29 is 18.0 Å². The van der Waals surface area contributed by atoms with E-state index in [4.69, 9.17) is 11.6 Å². The monoisotopic (exact) mass is 569 g/mol. The van der Waals surface area contributed by atoms with Crippen LogP contribution in [0, 0.1) is 6.92 Å². The van der Waals surface area contributed by atoms with Crippen LogP contribution < -0.4 is 9.62 Å². The average molecular weight is 570 g/mol. The zero-order chi connectivity index (χ0) is 28.6. The lowest BCUT2D eigenvalue weighted by Gasteiger charge is -2.34. The minimum atomic E-state index is -3.82. The standard InChI is InChI=1S/C30H36ClN3O4S/c1-5-23(3)32-30(36)28(19-24-9-7-6-8-10-24)33(20-25-13-11-22(2)12-14-25)29(35)21-34(39(4,37)38)27-17-15-26(31)16-18-27/h6-18,23,28H,5,19-21H2,1-4H3,(H,32,36)/t23-,28+/m1/s1. The van der Waals surface area contributed by atoms with E-state index < -0.39 is 28.5 Å². The number of benzene rings is 3. The van der Waals surface area contributed by atoms with Gasteiger partial charge >= 0.3 is 0 Å². The number of carbonyl (C=O) groups excluding carboxylic acids is 2. The summed E-state index contributed by atoms with van der Waals surface area (Å²) in [5, 5.41) is 3.47. The van der Waals surface area contributed by atoms with Crippen LogP contribution in [0.1, 0.15) is 37.0 Å². The van der Waals surface area contributed by atoms with Gasteiger partial charge in [-0.25, -0.2) is 8.42 Å². The smallest absolute Gasteiger partial charge is 0.244 e. The molecule has 0 heterocycles. The third kappa shape index (κ3) is 8.83. The van der Waals surface area contributed by atoms with Crippen molar-refractivity contribution in [3.63, 3.8) is 0 Å². The zero-order valence-corrected chi connectivity index (χ0v) is 24.4. The molecule has 1 N–H and O–H groups in total. The molecule has 208 valence electrons. The number of hydrogen-bond acceptors (Lipinski definition) is 4. The van der Waals surface area contributed by atoms with Gasteiger partial charge in [-0.1, -0.05) is 78.7 Å².